The van der Waals surface area contributed by atoms with Crippen molar-refractivity contribution >= 4 is 17.2 Å². The molecule has 0 saturated heterocycles. The van der Waals surface area contributed by atoms with E-state index in [1.807, 2.05) is 83.4 Å². The van der Waals surface area contributed by atoms with Crippen LogP contribution < -0.4 is 0 Å². The lowest BCUT2D eigenvalue weighted by atomic mass is 10.1. The van der Waals surface area contributed by atoms with Gasteiger partial charge in [-0.05, 0) is 67.8 Å². The summed E-state index contributed by atoms with van der Waals surface area (Å²) in [6, 6.07) is 17.4. The van der Waals surface area contributed by atoms with E-state index in [0.717, 1.165) is 27.7 Å². The number of hydrogen-bond acceptors (Lipinski definition) is 4. The second kappa shape index (κ2) is 7.86. The molecule has 0 aliphatic carbocycles. The van der Waals surface area contributed by atoms with Gasteiger partial charge in [0, 0.05) is 16.1 Å². The van der Waals surface area contributed by atoms with E-state index in [9.17, 15) is 4.79 Å². The molecule has 6 heteroatoms. The van der Waals surface area contributed by atoms with Crippen molar-refractivity contribution in [3.05, 3.63) is 93.8 Å². The minimum Gasteiger partial charge on any atom is -0.467 e. The molecule has 0 N–H and O–H groups in total. The summed E-state index contributed by atoms with van der Waals surface area (Å²) in [4.78, 5) is 16.1. The summed E-state index contributed by atoms with van der Waals surface area (Å²) in [5.74, 6) is 0.744. The van der Waals surface area contributed by atoms with Crippen LogP contribution in [0.15, 0.2) is 70.7 Å². The maximum atomic E-state index is 13.2. The Kier molecular flexibility index (Phi) is 5.12. The van der Waals surface area contributed by atoms with Gasteiger partial charge in [0.1, 0.15) is 5.76 Å². The normalized spacial score (nSPS) is 10.9. The Balaban J connectivity index is 1.57. The Morgan fingerprint density at radius 2 is 1.93 bits per heavy atom. The van der Waals surface area contributed by atoms with Gasteiger partial charge in [0.05, 0.1) is 30.7 Å². The van der Waals surface area contributed by atoms with Crippen LogP contribution >= 0.6 is 11.3 Å². The molecule has 0 aliphatic heterocycles. The van der Waals surface area contributed by atoms with Gasteiger partial charge in [-0.15, -0.1) is 11.3 Å². The monoisotopic (exact) mass is 391 g/mol. The quantitative estimate of drug-likeness (QED) is 0.465. The van der Waals surface area contributed by atoms with Gasteiger partial charge in [-0.3, -0.25) is 4.79 Å². The number of nitrogens with zero attached hydrogens (tertiary/aromatic N) is 3. The lowest BCUT2D eigenvalue weighted by Crippen LogP contribution is -2.29. The topological polar surface area (TPSA) is 51.3 Å². The Hall–Kier alpha value is -3.12. The van der Waals surface area contributed by atoms with Crippen molar-refractivity contribution in [2.45, 2.75) is 26.9 Å². The Bertz CT molecular complexity index is 1010. The van der Waals surface area contributed by atoms with Crippen LogP contribution in [-0.4, -0.2) is 20.6 Å². The predicted octanol–water partition coefficient (Wildman–Crippen LogP) is 4.99. The molecule has 4 rings (SSSR count). The molecular weight excluding hydrogens is 370 g/mol. The van der Waals surface area contributed by atoms with Gasteiger partial charge in [0.2, 0.25) is 0 Å². The summed E-state index contributed by atoms with van der Waals surface area (Å²) in [6.07, 6.45) is 1.63. The molecule has 3 heterocycles. The molecule has 0 spiro atoms. The molecule has 4 aromatic rings. The molecule has 0 radical (unpaired) electrons. The van der Waals surface area contributed by atoms with Crippen molar-refractivity contribution in [2.75, 3.05) is 0 Å². The lowest BCUT2D eigenvalue weighted by molar-refractivity contribution is 0.0719. The Labute approximate surface area is 167 Å². The number of benzene rings is 1. The zero-order valence-corrected chi connectivity index (χ0v) is 16.6. The molecule has 1 aromatic carbocycles. The second-order valence-corrected chi connectivity index (χ2v) is 7.74. The maximum absolute atomic E-state index is 13.2. The average Bonchev–Trinajstić information content (AvgIpc) is 3.44. The van der Waals surface area contributed by atoms with Crippen LogP contribution in [0.1, 0.15) is 32.4 Å². The highest BCUT2D eigenvalue weighted by molar-refractivity contribution is 7.09. The van der Waals surface area contributed by atoms with Crippen molar-refractivity contribution < 1.29 is 9.21 Å². The molecule has 0 unspecified atom stereocenters. The van der Waals surface area contributed by atoms with Crippen LogP contribution in [-0.2, 0) is 13.1 Å². The highest BCUT2D eigenvalue weighted by atomic mass is 32.1. The van der Waals surface area contributed by atoms with E-state index in [-0.39, 0.29) is 5.91 Å². The summed E-state index contributed by atoms with van der Waals surface area (Å²) < 4.78 is 7.34. The molecular formula is C22H21N3O2S. The molecule has 0 bridgehead atoms. The van der Waals surface area contributed by atoms with Crippen molar-refractivity contribution in [3.8, 4) is 5.69 Å². The van der Waals surface area contributed by atoms with Gasteiger partial charge < -0.3 is 9.32 Å². The third kappa shape index (κ3) is 3.92. The lowest BCUT2D eigenvalue weighted by Gasteiger charge is -2.21. The highest BCUT2D eigenvalue weighted by Gasteiger charge is 2.18. The number of thiophene rings is 1. The van der Waals surface area contributed by atoms with Crippen molar-refractivity contribution in [1.82, 2.24) is 14.7 Å². The van der Waals surface area contributed by atoms with Crippen LogP contribution in [0.3, 0.4) is 0 Å². The minimum atomic E-state index is -0.0234. The van der Waals surface area contributed by atoms with Crippen LogP contribution in [0.2, 0.25) is 0 Å². The fourth-order valence-electron chi connectivity index (χ4n) is 3.20. The number of amides is 1. The van der Waals surface area contributed by atoms with Crippen LogP contribution in [0, 0.1) is 13.8 Å². The van der Waals surface area contributed by atoms with E-state index in [1.54, 1.807) is 17.6 Å². The Morgan fingerprint density at radius 1 is 1.11 bits per heavy atom. The van der Waals surface area contributed by atoms with Gasteiger partial charge >= 0.3 is 0 Å². The Morgan fingerprint density at radius 3 is 2.54 bits per heavy atom. The molecule has 0 atom stereocenters. The number of aryl methyl sites for hydroxylation is 2. The van der Waals surface area contributed by atoms with E-state index in [1.165, 1.54) is 0 Å². The van der Waals surface area contributed by atoms with Crippen molar-refractivity contribution in [3.63, 3.8) is 0 Å². The molecule has 1 amide bonds. The van der Waals surface area contributed by atoms with E-state index in [2.05, 4.69) is 5.10 Å². The number of hydrogen-bond donors (Lipinski definition) is 0. The van der Waals surface area contributed by atoms with E-state index < -0.39 is 0 Å². The zero-order valence-electron chi connectivity index (χ0n) is 15.8. The zero-order chi connectivity index (χ0) is 19.5. The maximum Gasteiger partial charge on any atom is 0.254 e. The van der Waals surface area contributed by atoms with Gasteiger partial charge in [0.15, 0.2) is 0 Å². The third-order valence-corrected chi connectivity index (χ3v) is 5.37. The summed E-state index contributed by atoms with van der Waals surface area (Å²) >= 11 is 1.64. The number of furan rings is 1. The first-order valence-corrected chi connectivity index (χ1v) is 9.96. The summed E-state index contributed by atoms with van der Waals surface area (Å²) in [5.41, 5.74) is 3.62. The number of carbonyl (C=O) groups excluding carboxylic acids is 1. The number of rotatable bonds is 6. The first kappa shape index (κ1) is 18.3. The van der Waals surface area contributed by atoms with E-state index in [0.29, 0.717) is 18.7 Å². The largest absolute Gasteiger partial charge is 0.467 e. The standard InChI is InChI=1S/C22H21N3O2S/c1-16-13-17(2)25(23-16)19-9-7-18(8-10-19)22(26)24(14-20-5-3-11-27-20)15-21-6-4-12-28-21/h3-13H,14-15H2,1-2H3. The predicted molar refractivity (Wildman–Crippen MR) is 110 cm³/mol. The first-order valence-electron chi connectivity index (χ1n) is 9.08. The fraction of sp³-hybridized carbons (Fsp3) is 0.182. The number of carbonyl (C=O) groups is 1. The van der Waals surface area contributed by atoms with Crippen molar-refractivity contribution in [2.24, 2.45) is 0 Å². The molecule has 0 fully saturated rings. The first-order chi connectivity index (χ1) is 13.6. The van der Waals surface area contributed by atoms with Crippen molar-refractivity contribution in [1.29, 1.82) is 0 Å². The van der Waals surface area contributed by atoms with E-state index >= 15 is 0 Å². The van der Waals surface area contributed by atoms with Gasteiger partial charge in [-0.1, -0.05) is 6.07 Å². The highest BCUT2D eigenvalue weighted by Crippen LogP contribution is 2.19. The summed E-state index contributed by atoms with van der Waals surface area (Å²) in [6.45, 7) is 4.98. The van der Waals surface area contributed by atoms with Crippen LogP contribution in [0.5, 0.6) is 0 Å². The molecule has 142 valence electrons. The minimum absolute atomic E-state index is 0.0234. The summed E-state index contributed by atoms with van der Waals surface area (Å²) in [7, 11) is 0. The van der Waals surface area contributed by atoms with Crippen LogP contribution in [0.25, 0.3) is 5.69 Å². The van der Waals surface area contributed by atoms with Crippen LogP contribution in [0.4, 0.5) is 0 Å². The molecule has 28 heavy (non-hydrogen) atoms. The third-order valence-electron chi connectivity index (χ3n) is 4.51. The SMILES string of the molecule is Cc1cc(C)n(-c2ccc(C(=O)N(Cc3ccco3)Cc3cccs3)cc2)n1. The molecule has 3 aromatic heterocycles. The second-order valence-electron chi connectivity index (χ2n) is 6.71. The summed E-state index contributed by atoms with van der Waals surface area (Å²) in [5, 5.41) is 6.52. The van der Waals surface area contributed by atoms with Gasteiger partial charge in [0.25, 0.3) is 5.91 Å². The molecule has 0 aliphatic rings. The molecule has 5 nitrogen and oxygen atoms in total. The average molecular weight is 391 g/mol. The number of aromatic nitrogens is 2. The van der Waals surface area contributed by atoms with E-state index in [4.69, 9.17) is 4.42 Å². The van der Waals surface area contributed by atoms with Gasteiger partial charge in [-0.2, -0.15) is 5.10 Å². The molecule has 0 saturated carbocycles. The smallest absolute Gasteiger partial charge is 0.254 e. The van der Waals surface area contributed by atoms with Gasteiger partial charge in [-0.25, -0.2) is 4.68 Å². The fourth-order valence-corrected chi connectivity index (χ4v) is 3.92.